The molecule has 6 heteroatoms. The molecule has 76 valence electrons. The van der Waals surface area contributed by atoms with Gasteiger partial charge < -0.3 is 23.4 Å². The third-order valence-electron chi connectivity index (χ3n) is 1.25. The Morgan fingerprint density at radius 3 is 2.62 bits per heavy atom. The predicted molar refractivity (Wildman–Crippen MR) is 46.8 cm³/mol. The van der Waals surface area contributed by atoms with Gasteiger partial charge in [0.25, 0.3) is 5.97 Å². The fourth-order valence-corrected chi connectivity index (χ4v) is 1.03. The number of hydrogen-bond donors (Lipinski definition) is 1. The van der Waals surface area contributed by atoms with Crippen LogP contribution in [-0.2, 0) is 18.6 Å². The Kier molecular flexibility index (Phi) is 7.05. The van der Waals surface area contributed by atoms with Crippen LogP contribution in [0.25, 0.3) is 0 Å². The normalized spacial score (nSPS) is 15.3. The molecule has 0 aliphatic rings. The zero-order valence-electron chi connectivity index (χ0n) is 7.78. The molecule has 1 atom stereocenters. The Balaban J connectivity index is 4.15. The van der Waals surface area contributed by atoms with Crippen molar-refractivity contribution in [3.05, 3.63) is 12.7 Å². The van der Waals surface area contributed by atoms with Crippen LogP contribution in [0, 0.1) is 0 Å². The lowest BCUT2D eigenvalue weighted by Gasteiger charge is -2.29. The van der Waals surface area contributed by atoms with E-state index in [1.807, 2.05) is 0 Å². The monoisotopic (exact) mass is 206 g/mol. The molecule has 0 heterocycles. The standard InChI is InChI=1S/C7H14O5Si/c1-4-5-11-7(10-3,6-9-2)12-13-8/h4,8H,1,5-6H2,2-3H3. The molecule has 0 aromatic carbocycles. The molecule has 0 rings (SSSR count). The van der Waals surface area contributed by atoms with Crippen LogP contribution in [0.4, 0.5) is 0 Å². The van der Waals surface area contributed by atoms with Gasteiger partial charge in [-0.1, -0.05) is 6.08 Å². The summed E-state index contributed by atoms with van der Waals surface area (Å²) in [6.07, 6.45) is 1.55. The molecule has 0 amide bonds. The topological polar surface area (TPSA) is 57.2 Å². The van der Waals surface area contributed by atoms with Crippen molar-refractivity contribution < 1.29 is 23.4 Å². The van der Waals surface area contributed by atoms with Crippen LogP contribution in [-0.4, -0.2) is 48.2 Å². The van der Waals surface area contributed by atoms with E-state index >= 15 is 0 Å². The minimum atomic E-state index is -1.34. The summed E-state index contributed by atoms with van der Waals surface area (Å²) in [6.45, 7) is 3.81. The first kappa shape index (κ1) is 12.8. The Morgan fingerprint density at radius 1 is 1.54 bits per heavy atom. The molecule has 5 nitrogen and oxygen atoms in total. The summed E-state index contributed by atoms with van der Waals surface area (Å²) in [6, 6.07) is 0. The molecular formula is C7H14O5Si. The molecular weight excluding hydrogens is 192 g/mol. The average molecular weight is 206 g/mol. The predicted octanol–water partition coefficient (Wildman–Crippen LogP) is -0.321. The lowest BCUT2D eigenvalue weighted by molar-refractivity contribution is -0.348. The van der Waals surface area contributed by atoms with Gasteiger partial charge in [0, 0.05) is 14.2 Å². The molecule has 0 fully saturated rings. The van der Waals surface area contributed by atoms with Gasteiger partial charge in [-0.25, -0.2) is 0 Å². The number of rotatable bonds is 8. The van der Waals surface area contributed by atoms with Crippen LogP contribution >= 0.6 is 0 Å². The molecule has 0 spiro atoms. The summed E-state index contributed by atoms with van der Waals surface area (Å²) >= 11 is 0. The van der Waals surface area contributed by atoms with Crippen molar-refractivity contribution in [2.45, 2.75) is 5.97 Å². The molecule has 0 saturated heterocycles. The van der Waals surface area contributed by atoms with Crippen molar-refractivity contribution in [3.63, 3.8) is 0 Å². The molecule has 2 radical (unpaired) electrons. The largest absolute Gasteiger partial charge is 0.434 e. The summed E-state index contributed by atoms with van der Waals surface area (Å²) in [5.41, 5.74) is 0. The molecule has 0 saturated carbocycles. The summed E-state index contributed by atoms with van der Waals surface area (Å²) in [5, 5.41) is 0. The molecule has 0 aliphatic carbocycles. The molecule has 1 N–H and O–H groups in total. The van der Waals surface area contributed by atoms with Gasteiger partial charge in [0.1, 0.15) is 6.61 Å². The summed E-state index contributed by atoms with van der Waals surface area (Å²) in [4.78, 5) is 8.62. The maximum absolute atomic E-state index is 8.62. The molecule has 0 bridgehead atoms. The minimum Gasteiger partial charge on any atom is -0.409 e. The van der Waals surface area contributed by atoms with Crippen LogP contribution in [0.1, 0.15) is 0 Å². The van der Waals surface area contributed by atoms with E-state index in [2.05, 4.69) is 6.58 Å². The second-order valence-corrected chi connectivity index (χ2v) is 2.50. The molecule has 0 aliphatic heterocycles. The lowest BCUT2D eigenvalue weighted by Crippen LogP contribution is -2.43. The van der Waals surface area contributed by atoms with Crippen LogP contribution in [0.2, 0.25) is 0 Å². The Bertz CT molecular complexity index is 135. The quantitative estimate of drug-likeness (QED) is 0.335. The van der Waals surface area contributed by atoms with Gasteiger partial charge in [0.15, 0.2) is 0 Å². The first-order chi connectivity index (χ1) is 6.24. The zero-order chi connectivity index (χ0) is 10.2. The fourth-order valence-electron chi connectivity index (χ4n) is 0.692. The third-order valence-corrected chi connectivity index (χ3v) is 1.66. The molecule has 0 aromatic rings. The Labute approximate surface area is 80.3 Å². The van der Waals surface area contributed by atoms with Gasteiger partial charge in [-0.15, -0.1) is 6.58 Å². The highest BCUT2D eigenvalue weighted by atomic mass is 28.2. The van der Waals surface area contributed by atoms with Gasteiger partial charge in [-0.3, -0.25) is 0 Å². The van der Waals surface area contributed by atoms with E-state index in [-0.39, 0.29) is 13.2 Å². The van der Waals surface area contributed by atoms with E-state index < -0.39 is 16.0 Å². The van der Waals surface area contributed by atoms with Crippen LogP contribution < -0.4 is 0 Å². The minimum absolute atomic E-state index is 0.0743. The van der Waals surface area contributed by atoms with Crippen LogP contribution in [0.15, 0.2) is 12.7 Å². The zero-order valence-corrected chi connectivity index (χ0v) is 8.78. The highest BCUT2D eigenvalue weighted by Gasteiger charge is 2.32. The van der Waals surface area contributed by atoms with Crippen LogP contribution in [0.3, 0.4) is 0 Å². The molecule has 13 heavy (non-hydrogen) atoms. The SMILES string of the molecule is C=CCOC(COC)(OC)O[Si]O. The number of hydrogen-bond acceptors (Lipinski definition) is 5. The van der Waals surface area contributed by atoms with Crippen molar-refractivity contribution in [2.24, 2.45) is 0 Å². The van der Waals surface area contributed by atoms with Gasteiger partial charge in [0.2, 0.25) is 0 Å². The van der Waals surface area contributed by atoms with Gasteiger partial charge >= 0.3 is 10.0 Å². The van der Waals surface area contributed by atoms with E-state index in [1.165, 1.54) is 14.2 Å². The van der Waals surface area contributed by atoms with Gasteiger partial charge in [-0.05, 0) is 0 Å². The van der Waals surface area contributed by atoms with E-state index in [0.717, 1.165) is 0 Å². The maximum atomic E-state index is 8.62. The molecule has 1 unspecified atom stereocenters. The number of ether oxygens (including phenoxy) is 3. The first-order valence-corrected chi connectivity index (χ1v) is 4.46. The first-order valence-electron chi connectivity index (χ1n) is 3.60. The van der Waals surface area contributed by atoms with Gasteiger partial charge in [-0.2, -0.15) is 0 Å². The van der Waals surface area contributed by atoms with E-state index in [9.17, 15) is 0 Å². The average Bonchev–Trinajstić information content (AvgIpc) is 2.15. The summed E-state index contributed by atoms with van der Waals surface area (Å²) < 4.78 is 19.8. The number of methoxy groups -OCH3 is 2. The van der Waals surface area contributed by atoms with Crippen molar-refractivity contribution in [2.75, 3.05) is 27.4 Å². The highest BCUT2D eigenvalue weighted by molar-refractivity contribution is 6.15. The van der Waals surface area contributed by atoms with Crippen LogP contribution in [0.5, 0.6) is 0 Å². The Morgan fingerprint density at radius 2 is 2.23 bits per heavy atom. The second-order valence-electron chi connectivity index (χ2n) is 2.11. The van der Waals surface area contributed by atoms with E-state index in [4.69, 9.17) is 23.4 Å². The summed E-state index contributed by atoms with van der Waals surface area (Å²) in [5.74, 6) is -1.34. The van der Waals surface area contributed by atoms with E-state index in [1.54, 1.807) is 6.08 Å². The maximum Gasteiger partial charge on any atom is 0.434 e. The highest BCUT2D eigenvalue weighted by Crippen LogP contribution is 2.13. The third kappa shape index (κ3) is 4.51. The van der Waals surface area contributed by atoms with Crippen molar-refractivity contribution in [1.82, 2.24) is 0 Å². The smallest absolute Gasteiger partial charge is 0.409 e. The lowest BCUT2D eigenvalue weighted by atomic mass is 10.5. The molecule has 0 aromatic heterocycles. The van der Waals surface area contributed by atoms with Crippen molar-refractivity contribution >= 4 is 10.0 Å². The van der Waals surface area contributed by atoms with Crippen molar-refractivity contribution in [1.29, 1.82) is 0 Å². The van der Waals surface area contributed by atoms with Crippen molar-refractivity contribution in [3.8, 4) is 0 Å². The van der Waals surface area contributed by atoms with E-state index in [0.29, 0.717) is 0 Å². The Hall–Kier alpha value is -0.243. The summed E-state index contributed by atoms with van der Waals surface area (Å²) in [7, 11) is 2.16. The second kappa shape index (κ2) is 7.19. The van der Waals surface area contributed by atoms with Gasteiger partial charge in [0.05, 0.1) is 6.61 Å². The fraction of sp³-hybridized carbons (Fsp3) is 0.714.